The van der Waals surface area contributed by atoms with Crippen LogP contribution in [0, 0.1) is 5.92 Å². The Kier molecular flexibility index (Phi) is 6.67. The first-order chi connectivity index (χ1) is 14.3. The molecule has 0 aliphatic heterocycles. The van der Waals surface area contributed by atoms with Crippen LogP contribution < -0.4 is 5.32 Å². The quantitative estimate of drug-likeness (QED) is 0.445. The molecule has 3 aromatic rings. The fourth-order valence-corrected chi connectivity index (χ4v) is 3.23. The second-order valence-corrected chi connectivity index (χ2v) is 7.97. The molecule has 6 nitrogen and oxygen atoms in total. The third-order valence-corrected chi connectivity index (χ3v) is 4.89. The molecule has 1 aromatic heterocycles. The average Bonchev–Trinajstić information content (AvgIpc) is 3.09. The molecule has 0 atom stereocenters. The number of anilines is 1. The molecule has 2 aromatic carbocycles. The van der Waals surface area contributed by atoms with E-state index in [9.17, 15) is 9.59 Å². The minimum atomic E-state index is -1.02. The third-order valence-electron chi connectivity index (χ3n) is 4.89. The number of aromatic nitrogens is 2. The summed E-state index contributed by atoms with van der Waals surface area (Å²) in [6, 6.07) is 11.3. The molecule has 0 saturated heterocycles. The molecular formula is C24H27N3O3. The average molecular weight is 405 g/mol. The highest BCUT2D eigenvalue weighted by molar-refractivity contribution is 6.05. The molecule has 0 bridgehead atoms. The van der Waals surface area contributed by atoms with Crippen LogP contribution in [0.4, 0.5) is 5.69 Å². The van der Waals surface area contributed by atoms with Gasteiger partial charge in [0.1, 0.15) is 5.82 Å². The highest BCUT2D eigenvalue weighted by Gasteiger charge is 2.10. The number of allylic oxidation sites excluding steroid dienone is 1. The van der Waals surface area contributed by atoms with E-state index in [1.807, 2.05) is 18.2 Å². The van der Waals surface area contributed by atoms with Crippen LogP contribution in [-0.2, 0) is 0 Å². The summed E-state index contributed by atoms with van der Waals surface area (Å²) in [5, 5.41) is 11.8. The Labute approximate surface area is 176 Å². The molecule has 0 aliphatic carbocycles. The molecule has 0 saturated carbocycles. The van der Waals surface area contributed by atoms with Gasteiger partial charge in [0.05, 0.1) is 16.6 Å². The maximum Gasteiger partial charge on any atom is 0.335 e. The van der Waals surface area contributed by atoms with E-state index >= 15 is 0 Å². The van der Waals surface area contributed by atoms with E-state index in [2.05, 4.69) is 42.1 Å². The second-order valence-electron chi connectivity index (χ2n) is 7.97. The number of imidazole rings is 1. The summed E-state index contributed by atoms with van der Waals surface area (Å²) in [7, 11) is 0. The largest absolute Gasteiger partial charge is 0.478 e. The van der Waals surface area contributed by atoms with Crippen molar-refractivity contribution in [2.24, 2.45) is 5.92 Å². The summed E-state index contributed by atoms with van der Waals surface area (Å²) in [5.74, 6) is 0.196. The maximum absolute atomic E-state index is 12.4. The molecule has 3 rings (SSSR count). The SMILES string of the molecule is C/C(=C/c1nc2cc(NC(=O)c3ccc(C(=O)O)cc3)ccc2[nH]1)CCCC(C)C. The van der Waals surface area contributed by atoms with Crippen molar-refractivity contribution in [2.75, 3.05) is 5.32 Å². The lowest BCUT2D eigenvalue weighted by Gasteiger charge is -2.05. The third kappa shape index (κ3) is 5.56. The topological polar surface area (TPSA) is 95.1 Å². The molecular weight excluding hydrogens is 378 g/mol. The van der Waals surface area contributed by atoms with Gasteiger partial charge in [-0.25, -0.2) is 9.78 Å². The van der Waals surface area contributed by atoms with Gasteiger partial charge in [0.15, 0.2) is 0 Å². The molecule has 1 heterocycles. The fraction of sp³-hybridized carbons (Fsp3) is 0.292. The van der Waals surface area contributed by atoms with E-state index in [0.717, 1.165) is 23.3 Å². The first-order valence-corrected chi connectivity index (χ1v) is 10.1. The number of nitrogens with zero attached hydrogens (tertiary/aromatic N) is 1. The number of rotatable bonds is 8. The van der Waals surface area contributed by atoms with E-state index in [4.69, 9.17) is 5.11 Å². The smallest absolute Gasteiger partial charge is 0.335 e. The molecule has 0 unspecified atom stereocenters. The molecule has 156 valence electrons. The van der Waals surface area contributed by atoms with Crippen molar-refractivity contribution in [2.45, 2.75) is 40.0 Å². The van der Waals surface area contributed by atoms with E-state index in [0.29, 0.717) is 17.2 Å². The number of nitrogens with one attached hydrogen (secondary N) is 2. The number of hydrogen-bond acceptors (Lipinski definition) is 3. The van der Waals surface area contributed by atoms with Gasteiger partial charge in [0.25, 0.3) is 5.91 Å². The first kappa shape index (κ1) is 21.3. The molecule has 0 radical (unpaired) electrons. The van der Waals surface area contributed by atoms with Crippen LogP contribution in [0.25, 0.3) is 17.1 Å². The van der Waals surface area contributed by atoms with Crippen molar-refractivity contribution in [1.29, 1.82) is 0 Å². The normalized spacial score (nSPS) is 11.8. The number of aromatic carboxylic acids is 1. The number of carbonyl (C=O) groups is 2. The number of carboxylic acid groups (broad SMARTS) is 1. The first-order valence-electron chi connectivity index (χ1n) is 10.1. The Bertz CT molecular complexity index is 1080. The zero-order chi connectivity index (χ0) is 21.7. The lowest BCUT2D eigenvalue weighted by atomic mass is 10.0. The Hall–Kier alpha value is -3.41. The maximum atomic E-state index is 12.4. The number of carboxylic acids is 1. The number of aromatic amines is 1. The zero-order valence-corrected chi connectivity index (χ0v) is 17.5. The highest BCUT2D eigenvalue weighted by atomic mass is 16.4. The number of hydrogen-bond donors (Lipinski definition) is 3. The number of H-pyrrole nitrogens is 1. The van der Waals surface area contributed by atoms with Gasteiger partial charge in [-0.05, 0) is 74.2 Å². The van der Waals surface area contributed by atoms with Crippen LogP contribution in [0.5, 0.6) is 0 Å². The molecule has 1 amide bonds. The van der Waals surface area contributed by atoms with Gasteiger partial charge in [0.2, 0.25) is 0 Å². The van der Waals surface area contributed by atoms with Crippen LogP contribution in [0.3, 0.4) is 0 Å². The summed E-state index contributed by atoms with van der Waals surface area (Å²) in [5.41, 5.74) is 4.13. The monoisotopic (exact) mass is 405 g/mol. The van der Waals surface area contributed by atoms with Crippen molar-refractivity contribution in [1.82, 2.24) is 9.97 Å². The van der Waals surface area contributed by atoms with Crippen molar-refractivity contribution in [3.05, 3.63) is 65.0 Å². The number of amides is 1. The number of carbonyl (C=O) groups excluding carboxylic acids is 1. The predicted molar refractivity (Wildman–Crippen MR) is 120 cm³/mol. The van der Waals surface area contributed by atoms with Crippen molar-refractivity contribution >= 4 is 34.7 Å². The van der Waals surface area contributed by atoms with Gasteiger partial charge in [-0.2, -0.15) is 0 Å². The van der Waals surface area contributed by atoms with Gasteiger partial charge in [0, 0.05) is 11.3 Å². The summed E-state index contributed by atoms with van der Waals surface area (Å²) in [6.07, 6.45) is 5.51. The Morgan fingerprint density at radius 3 is 2.50 bits per heavy atom. The minimum absolute atomic E-state index is 0.143. The standard InChI is InChI=1S/C24H27N3O3/c1-15(2)5-4-6-16(3)13-22-26-20-12-11-19(14-21(20)27-22)25-23(28)17-7-9-18(10-8-17)24(29)30/h7-15H,4-6H2,1-3H3,(H,25,28)(H,26,27)(H,29,30)/b16-13-. The summed E-state index contributed by atoms with van der Waals surface area (Å²) in [4.78, 5) is 31.3. The number of fused-ring (bicyclic) bond motifs is 1. The minimum Gasteiger partial charge on any atom is -0.478 e. The molecule has 30 heavy (non-hydrogen) atoms. The lowest BCUT2D eigenvalue weighted by Crippen LogP contribution is -2.12. The van der Waals surface area contributed by atoms with Crippen LogP contribution in [-0.4, -0.2) is 27.0 Å². The predicted octanol–water partition coefficient (Wildman–Crippen LogP) is 5.74. The van der Waals surface area contributed by atoms with Gasteiger partial charge in [-0.15, -0.1) is 0 Å². The molecule has 6 heteroatoms. The van der Waals surface area contributed by atoms with E-state index < -0.39 is 5.97 Å². The lowest BCUT2D eigenvalue weighted by molar-refractivity contribution is 0.0696. The molecule has 3 N–H and O–H groups in total. The fourth-order valence-electron chi connectivity index (χ4n) is 3.23. The molecule has 0 spiro atoms. The molecule has 0 fully saturated rings. The van der Waals surface area contributed by atoms with Gasteiger partial charge in [-0.3, -0.25) is 4.79 Å². The van der Waals surface area contributed by atoms with E-state index in [1.54, 1.807) is 0 Å². The van der Waals surface area contributed by atoms with Crippen LogP contribution in [0.1, 0.15) is 66.6 Å². The van der Waals surface area contributed by atoms with Crippen LogP contribution >= 0.6 is 0 Å². The van der Waals surface area contributed by atoms with Crippen LogP contribution in [0.15, 0.2) is 48.0 Å². The summed E-state index contributed by atoms with van der Waals surface area (Å²) < 4.78 is 0. The van der Waals surface area contributed by atoms with Crippen molar-refractivity contribution in [3.63, 3.8) is 0 Å². The second kappa shape index (κ2) is 9.39. The van der Waals surface area contributed by atoms with Crippen LogP contribution in [0.2, 0.25) is 0 Å². The highest BCUT2D eigenvalue weighted by Crippen LogP contribution is 2.20. The van der Waals surface area contributed by atoms with Gasteiger partial charge >= 0.3 is 5.97 Å². The Morgan fingerprint density at radius 1 is 1.13 bits per heavy atom. The Morgan fingerprint density at radius 2 is 1.83 bits per heavy atom. The van der Waals surface area contributed by atoms with Gasteiger partial charge in [-0.1, -0.05) is 25.8 Å². The Balaban J connectivity index is 1.69. The summed E-state index contributed by atoms with van der Waals surface area (Å²) in [6.45, 7) is 6.59. The number of benzene rings is 2. The van der Waals surface area contributed by atoms with Crippen molar-refractivity contribution in [3.8, 4) is 0 Å². The molecule has 0 aliphatic rings. The summed E-state index contributed by atoms with van der Waals surface area (Å²) >= 11 is 0. The van der Waals surface area contributed by atoms with E-state index in [-0.39, 0.29) is 11.5 Å². The van der Waals surface area contributed by atoms with E-state index in [1.165, 1.54) is 42.7 Å². The zero-order valence-electron chi connectivity index (χ0n) is 17.5. The van der Waals surface area contributed by atoms with Gasteiger partial charge < -0.3 is 15.4 Å². The van der Waals surface area contributed by atoms with Crippen molar-refractivity contribution < 1.29 is 14.7 Å².